The van der Waals surface area contributed by atoms with Crippen molar-refractivity contribution in [3.05, 3.63) is 36.4 Å². The lowest BCUT2D eigenvalue weighted by Gasteiger charge is -2.04. The molecular weight excluding hydrogens is 218 g/mol. The van der Waals surface area contributed by atoms with Gasteiger partial charge in [-0.15, -0.1) is 10.2 Å². The van der Waals surface area contributed by atoms with Crippen LogP contribution in [0.2, 0.25) is 0 Å². The van der Waals surface area contributed by atoms with Gasteiger partial charge in [-0.3, -0.25) is 4.40 Å². The molecule has 0 saturated heterocycles. The van der Waals surface area contributed by atoms with E-state index in [2.05, 4.69) is 30.5 Å². The molecule has 7 heteroatoms. The molecule has 0 radical (unpaired) electrons. The number of anilines is 1. The highest BCUT2D eigenvalue weighted by Gasteiger charge is 2.07. The smallest absolute Gasteiger partial charge is 0.203 e. The molecule has 2 N–H and O–H groups in total. The summed E-state index contributed by atoms with van der Waals surface area (Å²) in [5, 5.41) is 11.3. The van der Waals surface area contributed by atoms with Gasteiger partial charge in [-0.1, -0.05) is 0 Å². The zero-order chi connectivity index (χ0) is 11.7. The second-order valence-electron chi connectivity index (χ2n) is 3.61. The topological polar surface area (TPSA) is 83.8 Å². The summed E-state index contributed by atoms with van der Waals surface area (Å²) < 4.78 is 1.89. The number of hydrogen-bond donors (Lipinski definition) is 2. The summed E-state index contributed by atoms with van der Waals surface area (Å²) in [4.78, 5) is 11.4. The Morgan fingerprint density at radius 2 is 2.24 bits per heavy atom. The number of nitrogens with one attached hydrogen (secondary N) is 2. The maximum absolute atomic E-state index is 4.24. The van der Waals surface area contributed by atoms with E-state index in [1.165, 1.54) is 0 Å². The van der Waals surface area contributed by atoms with Crippen LogP contribution in [0.1, 0.15) is 11.6 Å². The summed E-state index contributed by atoms with van der Waals surface area (Å²) in [6, 6.07) is 0. The average Bonchev–Trinajstić information content (AvgIpc) is 2.97. The standard InChI is InChI=1S/C10H11N7/c1-7-15-16-10-9(13-4-5-17(7)10)14-6-8-11-2-3-12-8/h2-5H,6H2,1H3,(H,11,12)(H,13,14). The molecule has 0 fully saturated rings. The highest BCUT2D eigenvalue weighted by molar-refractivity contribution is 5.61. The van der Waals surface area contributed by atoms with Crippen molar-refractivity contribution in [2.75, 3.05) is 5.32 Å². The van der Waals surface area contributed by atoms with Crippen molar-refractivity contribution in [3.63, 3.8) is 0 Å². The van der Waals surface area contributed by atoms with Gasteiger partial charge in [-0.2, -0.15) is 0 Å². The molecule has 0 amide bonds. The van der Waals surface area contributed by atoms with Gasteiger partial charge < -0.3 is 10.3 Å². The molecule has 0 aliphatic heterocycles. The van der Waals surface area contributed by atoms with Crippen LogP contribution in [-0.2, 0) is 6.54 Å². The summed E-state index contributed by atoms with van der Waals surface area (Å²) in [6.07, 6.45) is 7.05. The first-order chi connectivity index (χ1) is 8.34. The van der Waals surface area contributed by atoms with Crippen LogP contribution in [-0.4, -0.2) is 29.5 Å². The molecular formula is C10H11N7. The predicted molar refractivity (Wildman–Crippen MR) is 61.4 cm³/mol. The maximum Gasteiger partial charge on any atom is 0.203 e. The minimum Gasteiger partial charge on any atom is -0.360 e. The van der Waals surface area contributed by atoms with Crippen LogP contribution >= 0.6 is 0 Å². The van der Waals surface area contributed by atoms with Crippen molar-refractivity contribution in [2.24, 2.45) is 0 Å². The van der Waals surface area contributed by atoms with Crippen LogP contribution in [0.3, 0.4) is 0 Å². The first-order valence-electron chi connectivity index (χ1n) is 5.23. The summed E-state index contributed by atoms with van der Waals surface area (Å²) in [5.74, 6) is 2.39. The second-order valence-corrected chi connectivity index (χ2v) is 3.61. The molecule has 0 saturated carbocycles. The molecule has 7 nitrogen and oxygen atoms in total. The van der Waals surface area contributed by atoms with E-state index >= 15 is 0 Å². The monoisotopic (exact) mass is 229 g/mol. The van der Waals surface area contributed by atoms with Crippen molar-refractivity contribution >= 4 is 11.5 Å². The van der Waals surface area contributed by atoms with Gasteiger partial charge in [-0.05, 0) is 6.92 Å². The maximum atomic E-state index is 4.24. The van der Waals surface area contributed by atoms with E-state index < -0.39 is 0 Å². The number of H-pyrrole nitrogens is 1. The van der Waals surface area contributed by atoms with E-state index in [1.807, 2.05) is 17.5 Å². The molecule has 0 unspecified atom stereocenters. The molecule has 0 spiro atoms. The zero-order valence-corrected chi connectivity index (χ0v) is 9.25. The molecule has 86 valence electrons. The van der Waals surface area contributed by atoms with Crippen molar-refractivity contribution < 1.29 is 0 Å². The van der Waals surface area contributed by atoms with E-state index in [9.17, 15) is 0 Å². The fraction of sp³-hybridized carbons (Fsp3) is 0.200. The molecule has 3 aromatic heterocycles. The summed E-state index contributed by atoms with van der Waals surface area (Å²) >= 11 is 0. The van der Waals surface area contributed by atoms with Crippen molar-refractivity contribution in [1.29, 1.82) is 0 Å². The van der Waals surface area contributed by atoms with Gasteiger partial charge in [0, 0.05) is 24.8 Å². The molecule has 17 heavy (non-hydrogen) atoms. The Bertz CT molecular complexity index is 625. The lowest BCUT2D eigenvalue weighted by molar-refractivity contribution is 0.976. The van der Waals surface area contributed by atoms with Crippen LogP contribution in [0.25, 0.3) is 5.65 Å². The van der Waals surface area contributed by atoms with E-state index in [-0.39, 0.29) is 0 Å². The Kier molecular flexibility index (Phi) is 2.21. The summed E-state index contributed by atoms with van der Waals surface area (Å²) in [6.45, 7) is 2.47. The molecule has 3 rings (SSSR count). The summed E-state index contributed by atoms with van der Waals surface area (Å²) in [5.41, 5.74) is 0.719. The first-order valence-corrected chi connectivity index (χ1v) is 5.23. The third kappa shape index (κ3) is 1.71. The third-order valence-corrected chi connectivity index (χ3v) is 2.48. The van der Waals surface area contributed by atoms with Gasteiger partial charge >= 0.3 is 0 Å². The van der Waals surface area contributed by atoms with Crippen molar-refractivity contribution in [1.82, 2.24) is 29.5 Å². The van der Waals surface area contributed by atoms with E-state index in [1.54, 1.807) is 18.6 Å². The van der Waals surface area contributed by atoms with E-state index in [4.69, 9.17) is 0 Å². The largest absolute Gasteiger partial charge is 0.360 e. The number of rotatable bonds is 3. The average molecular weight is 229 g/mol. The number of nitrogens with zero attached hydrogens (tertiary/aromatic N) is 5. The SMILES string of the molecule is Cc1nnc2c(NCc3ncc[nH]3)nccn12. The highest BCUT2D eigenvalue weighted by atomic mass is 15.3. The normalized spacial score (nSPS) is 10.9. The van der Waals surface area contributed by atoms with Crippen LogP contribution in [0.4, 0.5) is 5.82 Å². The first kappa shape index (κ1) is 9.76. The lowest BCUT2D eigenvalue weighted by atomic mass is 10.5. The quantitative estimate of drug-likeness (QED) is 0.693. The Labute approximate surface area is 96.9 Å². The van der Waals surface area contributed by atoms with E-state index in [0.29, 0.717) is 12.4 Å². The van der Waals surface area contributed by atoms with Gasteiger partial charge in [0.15, 0.2) is 5.82 Å². The summed E-state index contributed by atoms with van der Waals surface area (Å²) in [7, 11) is 0. The van der Waals surface area contributed by atoms with Crippen LogP contribution < -0.4 is 5.32 Å². The third-order valence-electron chi connectivity index (χ3n) is 2.48. The van der Waals surface area contributed by atoms with Gasteiger partial charge in [0.1, 0.15) is 11.6 Å². The highest BCUT2D eigenvalue weighted by Crippen LogP contribution is 2.12. The molecule has 0 bridgehead atoms. The minimum atomic E-state index is 0.575. The number of hydrogen-bond acceptors (Lipinski definition) is 5. The van der Waals surface area contributed by atoms with Gasteiger partial charge in [0.05, 0.1) is 6.54 Å². The minimum absolute atomic E-state index is 0.575. The van der Waals surface area contributed by atoms with Crippen molar-refractivity contribution in [2.45, 2.75) is 13.5 Å². The number of imidazole rings is 1. The Morgan fingerprint density at radius 3 is 3.06 bits per heavy atom. The van der Waals surface area contributed by atoms with Gasteiger partial charge in [-0.25, -0.2) is 9.97 Å². The predicted octanol–water partition coefficient (Wildman–Crippen LogP) is 0.768. The molecule has 3 heterocycles. The molecule has 0 atom stereocenters. The van der Waals surface area contributed by atoms with Crippen LogP contribution in [0.15, 0.2) is 24.8 Å². The fourth-order valence-corrected chi connectivity index (χ4v) is 1.63. The van der Waals surface area contributed by atoms with E-state index in [0.717, 1.165) is 17.3 Å². The molecule has 0 aliphatic rings. The number of aromatic nitrogens is 6. The zero-order valence-electron chi connectivity index (χ0n) is 9.25. The van der Waals surface area contributed by atoms with Crippen LogP contribution in [0.5, 0.6) is 0 Å². The second kappa shape index (κ2) is 3.85. The Morgan fingerprint density at radius 1 is 1.29 bits per heavy atom. The van der Waals surface area contributed by atoms with Gasteiger partial charge in [0.2, 0.25) is 5.65 Å². The number of fused-ring (bicyclic) bond motifs is 1. The van der Waals surface area contributed by atoms with Gasteiger partial charge in [0.25, 0.3) is 0 Å². The fourth-order valence-electron chi connectivity index (χ4n) is 1.63. The lowest BCUT2D eigenvalue weighted by Crippen LogP contribution is -2.05. The number of aromatic amines is 1. The molecule has 0 aliphatic carbocycles. The number of aryl methyl sites for hydroxylation is 1. The van der Waals surface area contributed by atoms with Crippen molar-refractivity contribution in [3.8, 4) is 0 Å². The Balaban J connectivity index is 1.90. The van der Waals surface area contributed by atoms with Crippen LogP contribution in [0, 0.1) is 6.92 Å². The molecule has 0 aromatic carbocycles. The molecule has 3 aromatic rings. The Hall–Kier alpha value is -2.44.